The summed E-state index contributed by atoms with van der Waals surface area (Å²) in [6, 6.07) is 26.3. The molecule has 9 heterocycles. The van der Waals surface area contributed by atoms with Crippen LogP contribution in [0.15, 0.2) is 79.0 Å². The second-order valence-electron chi connectivity index (χ2n) is 48.2. The largest absolute Gasteiger partial charge is 0.492 e. The van der Waals surface area contributed by atoms with Crippen LogP contribution >= 0.6 is 0 Å². The number of nitrogens with zero attached hydrogens (tertiary/aromatic N) is 5. The van der Waals surface area contributed by atoms with Crippen molar-refractivity contribution >= 4 is 0 Å². The SMILES string of the molecule is Cc1cc(C2CCC[C@]3(C2)OOC2(O3)C3CC4CC(C3)CC2C4)ccc1OCCN1CCOCC1.Cc1cc(OCCN2CCOCC2)ccc1C1CCC[C@]2(C1)OOC1(O2)C2CC3CC(C2)CC1C3.c1cc(OCCN2CCOCC2)cc(C2CCC[C@]3(C2)OOC2(O3)C3CC4CC(C3)CC2C4)c1.c1cc(OCCN2CCOCC2)ncc1C1CCC[C@]2(C1)OOC1(O2)C2CC3CC(C2)CC1C3. The molecule has 28 fully saturated rings. The summed E-state index contributed by atoms with van der Waals surface area (Å²) in [4.78, 5) is 64.1. The molecule has 0 radical (unpaired) electrons. The Bertz CT molecular complexity index is 4680. The van der Waals surface area contributed by atoms with Crippen LogP contribution in [-0.4, -0.2) is 229 Å². The number of benzene rings is 3. The number of aromatic nitrogens is 1. The van der Waals surface area contributed by atoms with E-state index in [4.69, 9.17) is 95.9 Å². The van der Waals surface area contributed by atoms with Crippen LogP contribution in [0.5, 0.6) is 23.1 Å². The summed E-state index contributed by atoms with van der Waals surface area (Å²) in [6.07, 6.45) is 44.2. The lowest BCUT2D eigenvalue weighted by molar-refractivity contribution is -0.390. The first-order chi connectivity index (χ1) is 67.6. The van der Waals surface area contributed by atoms with Crippen molar-refractivity contribution in [3.8, 4) is 23.1 Å². The van der Waals surface area contributed by atoms with E-state index in [-0.39, 0.29) is 0 Å². The van der Waals surface area contributed by atoms with Gasteiger partial charge in [-0.1, -0.05) is 36.4 Å². The fraction of sp³-hybridized carbons (Fsp3) is 0.796. The standard InChI is InChI=1S/2C29H41NO5.C28H39NO5.C27H38N2O5/c1-20-13-23(4-5-27(20)32-12-9-30-7-10-31-11-8-30)24-3-2-6-28(19-24)33-29(35-34-28)25-15-21-14-22(17-25)18-26(29)16-21;1-20-13-26(32-12-9-30-7-10-31-11-8-30)4-5-27(20)23-3-2-6-28(19-23)33-29(35-34-28)24-15-21-14-22(17-24)18-25(29)16-21;1-3-22(18-26(5-1)31-12-9-29-7-10-30-11-8-29)23-4-2-6-27(19-23)32-28(34-33-27)24-14-20-13-21(16-24)17-25(28)15-20;1-2-21(22-3-4-25(28-18-22)31-11-8-29-6-9-30-10-7-29)17-26(5-1)32-27(34-33-26)23-13-19-12-20(15-23)16-24(27)14-19/h4-5,13,21-22,24-26H,2-3,6-12,14-19H2,1H3;4-5,13,21-25H,2-3,6-12,14-19H2,1H3;1,3,5,18,20-21,23-25H,2,4,6-17,19H2;3-4,18-21,23-24H,1-2,5-17H2/t21?,22?,24?,25?,26?,28-,29?;21?,22?,23?,24?,25?,28-,29?;20?,21?,23?,24?,25?,27-,28?;19?,20?,21?,23?,24?,26-,27?/m1111/s1. The number of aryl methyl sites for hydroxylation is 2. The molecule has 8 saturated heterocycles. The van der Waals surface area contributed by atoms with E-state index < -0.39 is 46.3 Å². The van der Waals surface area contributed by atoms with Gasteiger partial charge in [0, 0.05) is 190 Å². The number of pyridine rings is 1. The third kappa shape index (κ3) is 19.1. The summed E-state index contributed by atoms with van der Waals surface area (Å²) in [5.74, 6) is 12.4. The highest BCUT2D eigenvalue weighted by atomic mass is 17.3. The van der Waals surface area contributed by atoms with E-state index in [1.165, 1.54) is 175 Å². The average molecular weight is 1910 g/mol. The van der Waals surface area contributed by atoms with E-state index in [0.29, 0.717) is 90.1 Å². The van der Waals surface area contributed by atoms with E-state index >= 15 is 0 Å². The van der Waals surface area contributed by atoms with Gasteiger partial charge in [-0.05, 0) is 328 Å². The number of ether oxygens (including phenoxy) is 12. The topological polar surface area (TPSA) is 210 Å². The molecule has 25 nitrogen and oxygen atoms in total. The normalized spacial score (nSPS) is 43.3. The monoisotopic (exact) mass is 1910 g/mol. The lowest BCUT2D eigenvalue weighted by Gasteiger charge is -2.57. The molecule has 4 aromatic rings. The van der Waals surface area contributed by atoms with Crippen molar-refractivity contribution in [1.82, 2.24) is 24.6 Å². The Morgan fingerprint density at radius 2 is 0.630 bits per heavy atom. The summed E-state index contributed by atoms with van der Waals surface area (Å²) < 4.78 is 73.9. The second-order valence-corrected chi connectivity index (χ2v) is 48.2. The van der Waals surface area contributed by atoms with Crippen molar-refractivity contribution in [3.63, 3.8) is 0 Å². The number of hydrogen-bond donors (Lipinski definition) is 0. The molecule has 4 unspecified atom stereocenters. The van der Waals surface area contributed by atoms with Crippen molar-refractivity contribution in [1.29, 1.82) is 0 Å². The minimum absolute atomic E-state index is 0.374. The Balaban J connectivity index is 0.0000000975. The van der Waals surface area contributed by atoms with Gasteiger partial charge >= 0.3 is 0 Å². The maximum absolute atomic E-state index is 7.00. The van der Waals surface area contributed by atoms with E-state index in [0.717, 1.165) is 299 Å². The van der Waals surface area contributed by atoms with Crippen LogP contribution in [0, 0.1) is 109 Å². The summed E-state index contributed by atoms with van der Waals surface area (Å²) in [7, 11) is 0. The third-order valence-electron chi connectivity index (χ3n) is 39.5. The highest BCUT2D eigenvalue weighted by Crippen LogP contribution is 2.70. The zero-order chi connectivity index (χ0) is 92.1. The molecule has 16 bridgehead atoms. The van der Waals surface area contributed by atoms with Gasteiger partial charge in [0.05, 0.1) is 52.9 Å². The first kappa shape index (κ1) is 94.2. The number of morpholine rings is 4. The molecule has 8 spiro atoms. The predicted octanol–water partition coefficient (Wildman–Crippen LogP) is 19.5. The van der Waals surface area contributed by atoms with Gasteiger partial charge < -0.3 is 56.8 Å². The van der Waals surface area contributed by atoms with Gasteiger partial charge in [-0.3, -0.25) is 19.6 Å². The zero-order valence-electron chi connectivity index (χ0n) is 82.9. The predicted molar refractivity (Wildman–Crippen MR) is 512 cm³/mol. The van der Waals surface area contributed by atoms with E-state index in [1.54, 1.807) is 0 Å². The van der Waals surface area contributed by atoms with E-state index in [2.05, 4.69) is 105 Å². The molecule has 0 amide bonds. The molecule has 32 rings (SSSR count). The summed E-state index contributed by atoms with van der Waals surface area (Å²) >= 11 is 0. The van der Waals surface area contributed by atoms with E-state index in [1.807, 2.05) is 12.3 Å². The third-order valence-corrected chi connectivity index (χ3v) is 39.5. The molecule has 3 aromatic carbocycles. The Hall–Kier alpha value is -4.79. The molecule has 20 saturated carbocycles. The minimum Gasteiger partial charge on any atom is -0.492 e. The first-order valence-electron chi connectivity index (χ1n) is 55.9. The van der Waals surface area contributed by atoms with Crippen LogP contribution in [-0.2, 0) is 77.0 Å². The van der Waals surface area contributed by atoms with Gasteiger partial charge in [-0.15, -0.1) is 0 Å². The van der Waals surface area contributed by atoms with Crippen LogP contribution < -0.4 is 18.9 Å². The van der Waals surface area contributed by atoms with Crippen molar-refractivity contribution in [2.24, 2.45) is 94.7 Å². The van der Waals surface area contributed by atoms with Crippen LogP contribution in [0.3, 0.4) is 0 Å². The molecule has 138 heavy (non-hydrogen) atoms. The highest BCUT2D eigenvalue weighted by Gasteiger charge is 2.72. The van der Waals surface area contributed by atoms with E-state index in [9.17, 15) is 0 Å². The summed E-state index contributed by atoms with van der Waals surface area (Å²) in [5, 5.41) is 0. The lowest BCUT2D eigenvalue weighted by Crippen LogP contribution is -2.59. The van der Waals surface area contributed by atoms with Crippen molar-refractivity contribution < 1.29 is 95.9 Å². The molecule has 0 N–H and O–H groups in total. The lowest BCUT2D eigenvalue weighted by atomic mass is 9.53. The van der Waals surface area contributed by atoms with Crippen LogP contribution in [0.4, 0.5) is 0 Å². The smallest absolute Gasteiger partial charge is 0.213 e. The highest BCUT2D eigenvalue weighted by molar-refractivity contribution is 5.40. The molecule has 8 aliphatic heterocycles. The maximum Gasteiger partial charge on any atom is 0.213 e. The van der Waals surface area contributed by atoms with Gasteiger partial charge in [0.25, 0.3) is 0 Å². The maximum atomic E-state index is 7.00. The molecular weight excluding hydrogens is 1750 g/mol. The van der Waals surface area contributed by atoms with Gasteiger partial charge in [-0.2, -0.15) is 39.1 Å². The molecular formula is C113H159N5O20. The Labute approximate surface area is 819 Å². The summed E-state index contributed by atoms with van der Waals surface area (Å²) in [5.41, 5.74) is 7.88. The fourth-order valence-electron chi connectivity index (χ4n) is 33.3. The first-order valence-corrected chi connectivity index (χ1v) is 55.9. The van der Waals surface area contributed by atoms with Gasteiger partial charge in [-0.25, -0.2) is 4.98 Å². The fourth-order valence-corrected chi connectivity index (χ4v) is 33.3. The average Bonchev–Trinajstić information content (AvgIpc) is 1.62. The molecule has 1 aromatic heterocycles. The second kappa shape index (κ2) is 39.8. The van der Waals surface area contributed by atoms with Crippen LogP contribution in [0.2, 0.25) is 0 Å². The van der Waals surface area contributed by atoms with Crippen LogP contribution in [0.1, 0.15) is 288 Å². The van der Waals surface area contributed by atoms with Crippen molar-refractivity contribution in [2.45, 2.75) is 315 Å². The minimum atomic E-state index is -0.592. The zero-order valence-corrected chi connectivity index (χ0v) is 82.9. The number of hydrogen-bond acceptors (Lipinski definition) is 25. The molecule has 25 heteroatoms. The van der Waals surface area contributed by atoms with Gasteiger partial charge in [0.15, 0.2) is 0 Å². The summed E-state index contributed by atoms with van der Waals surface area (Å²) in [6.45, 7) is 25.6. The van der Waals surface area contributed by atoms with Crippen molar-refractivity contribution in [3.05, 3.63) is 112 Å². The van der Waals surface area contributed by atoms with Crippen molar-refractivity contribution in [2.75, 3.05) is 158 Å². The van der Waals surface area contributed by atoms with Crippen LogP contribution in [0.25, 0.3) is 0 Å². The Morgan fingerprint density at radius 1 is 0.304 bits per heavy atom. The Kier molecular flexibility index (Phi) is 27.2. The van der Waals surface area contributed by atoms with Gasteiger partial charge in [0.1, 0.15) is 43.7 Å². The Morgan fingerprint density at radius 3 is 0.986 bits per heavy atom. The number of rotatable bonds is 20. The quantitative estimate of drug-likeness (QED) is 0.0753. The molecule has 756 valence electrons. The molecule has 28 aliphatic rings. The molecule has 8 atom stereocenters. The molecule has 20 aliphatic carbocycles. The van der Waals surface area contributed by atoms with Gasteiger partial charge in [0.2, 0.25) is 52.2 Å².